The fourth-order valence-corrected chi connectivity index (χ4v) is 4.80. The van der Waals surface area contributed by atoms with Crippen LogP contribution in [-0.4, -0.2) is 41.6 Å². The maximum atomic E-state index is 12.5. The van der Waals surface area contributed by atoms with E-state index in [1.165, 1.54) is 5.57 Å². The number of amides is 1. The Kier molecular flexibility index (Phi) is 5.18. The van der Waals surface area contributed by atoms with Crippen LogP contribution in [0.3, 0.4) is 0 Å². The van der Waals surface area contributed by atoms with Crippen molar-refractivity contribution >= 4 is 17.8 Å². The fraction of sp³-hybridized carbons (Fsp3) is 0.632. The lowest BCUT2D eigenvalue weighted by Gasteiger charge is -2.27. The Hall–Kier alpha value is -2.15. The Morgan fingerprint density at radius 2 is 1.96 bits per heavy atom. The van der Waals surface area contributed by atoms with E-state index in [1.807, 2.05) is 0 Å². The predicted molar refractivity (Wildman–Crippen MR) is 93.8 cm³/mol. The van der Waals surface area contributed by atoms with Crippen molar-refractivity contribution < 1.29 is 24.2 Å². The van der Waals surface area contributed by atoms with Crippen molar-refractivity contribution in [1.82, 2.24) is 5.32 Å². The van der Waals surface area contributed by atoms with Crippen molar-refractivity contribution in [2.75, 3.05) is 6.54 Å². The number of carbonyl (C=O) groups is 3. The number of carboxylic acid groups (broad SMARTS) is 1. The number of hydrogen-bond donors (Lipinski definition) is 3. The summed E-state index contributed by atoms with van der Waals surface area (Å²) in [7, 11) is 0. The predicted octanol–water partition coefficient (Wildman–Crippen LogP) is 0.995. The Bertz CT molecular complexity index is 658. The maximum absolute atomic E-state index is 12.5. The number of carboxylic acids is 1. The molecule has 0 aromatic heterocycles. The summed E-state index contributed by atoms with van der Waals surface area (Å²) in [6, 6.07) is -1.10. The smallest absolute Gasteiger partial charge is 0.321 e. The number of aliphatic carboxylic acids is 1. The molecule has 1 saturated heterocycles. The third-order valence-corrected chi connectivity index (χ3v) is 6.14. The highest BCUT2D eigenvalue weighted by Gasteiger charge is 2.53. The van der Waals surface area contributed by atoms with Gasteiger partial charge in [0.2, 0.25) is 5.91 Å². The molecule has 26 heavy (non-hydrogen) atoms. The van der Waals surface area contributed by atoms with Gasteiger partial charge in [-0.05, 0) is 31.6 Å². The molecule has 1 heterocycles. The molecule has 0 radical (unpaired) electrons. The van der Waals surface area contributed by atoms with Crippen LogP contribution in [0.15, 0.2) is 24.3 Å². The number of hydrogen-bond acceptors (Lipinski definition) is 5. The number of carbonyl (C=O) groups excluding carboxylic acids is 2. The Morgan fingerprint density at radius 1 is 1.27 bits per heavy atom. The first kappa shape index (κ1) is 18.6. The summed E-state index contributed by atoms with van der Waals surface area (Å²) in [4.78, 5) is 34.8. The number of primary amides is 1. The largest absolute Gasteiger partial charge is 0.480 e. The maximum Gasteiger partial charge on any atom is 0.321 e. The molecule has 3 fully saturated rings. The zero-order chi connectivity index (χ0) is 19.0. The minimum atomic E-state index is -1.16. The monoisotopic (exact) mass is 362 g/mol. The molecule has 2 saturated carbocycles. The molecule has 0 aromatic rings. The van der Waals surface area contributed by atoms with Gasteiger partial charge in [-0.1, -0.05) is 24.3 Å². The lowest BCUT2D eigenvalue weighted by atomic mass is 9.79. The van der Waals surface area contributed by atoms with E-state index < -0.39 is 23.8 Å². The van der Waals surface area contributed by atoms with Crippen molar-refractivity contribution in [2.24, 2.45) is 29.4 Å². The van der Waals surface area contributed by atoms with Gasteiger partial charge in [0.05, 0.1) is 12.3 Å². The SMILES string of the molecule is C=C1CC[C@H]2C(=C)CC[C@@H]3[C@H](OC(=O)[C@H]3CN[C@H](CC(N)=O)C(=O)O)[C@@H]12. The lowest BCUT2D eigenvalue weighted by Crippen LogP contribution is -2.44. The zero-order valence-corrected chi connectivity index (χ0v) is 14.8. The Labute approximate surface area is 152 Å². The molecule has 0 unspecified atom stereocenters. The minimum Gasteiger partial charge on any atom is -0.480 e. The highest BCUT2D eigenvalue weighted by molar-refractivity contribution is 5.83. The molecule has 3 aliphatic rings. The van der Waals surface area contributed by atoms with Gasteiger partial charge in [-0.2, -0.15) is 0 Å². The number of allylic oxidation sites excluding steroid dienone is 1. The molecule has 0 aromatic carbocycles. The first-order valence-electron chi connectivity index (χ1n) is 9.10. The van der Waals surface area contributed by atoms with Crippen LogP contribution in [0.1, 0.15) is 32.1 Å². The second-order valence-corrected chi connectivity index (χ2v) is 7.67. The van der Waals surface area contributed by atoms with Crippen LogP contribution in [0, 0.1) is 23.7 Å². The van der Waals surface area contributed by atoms with E-state index >= 15 is 0 Å². The summed E-state index contributed by atoms with van der Waals surface area (Å²) in [5.41, 5.74) is 7.42. The van der Waals surface area contributed by atoms with Crippen LogP contribution in [0.25, 0.3) is 0 Å². The van der Waals surface area contributed by atoms with Crippen molar-refractivity contribution in [1.29, 1.82) is 0 Å². The summed E-state index contributed by atoms with van der Waals surface area (Å²) in [6.45, 7) is 8.56. The highest BCUT2D eigenvalue weighted by Crippen LogP contribution is 2.52. The van der Waals surface area contributed by atoms with Crippen molar-refractivity contribution in [3.63, 3.8) is 0 Å². The van der Waals surface area contributed by atoms with E-state index in [4.69, 9.17) is 10.5 Å². The average molecular weight is 362 g/mol. The van der Waals surface area contributed by atoms with Crippen LogP contribution in [0.5, 0.6) is 0 Å². The van der Waals surface area contributed by atoms with Crippen molar-refractivity contribution in [3.8, 4) is 0 Å². The average Bonchev–Trinajstić information content (AvgIpc) is 3.04. The molecule has 1 amide bonds. The Morgan fingerprint density at radius 3 is 2.62 bits per heavy atom. The van der Waals surface area contributed by atoms with E-state index in [2.05, 4.69) is 18.5 Å². The normalized spacial score (nSPS) is 34.6. The second kappa shape index (κ2) is 7.23. The molecule has 6 atom stereocenters. The number of nitrogens with two attached hydrogens (primary N) is 1. The van der Waals surface area contributed by atoms with Gasteiger partial charge >= 0.3 is 11.9 Å². The summed E-state index contributed by atoms with van der Waals surface area (Å²) in [5, 5.41) is 12.0. The standard InChI is InChI=1S/C19H26N2O5/c1-9-3-6-12-13(8-21-14(18(23)24)7-15(20)22)19(25)26-17(12)16-10(2)4-5-11(9)16/h11-14,16-17,21H,1-8H2,(H2,20,22)(H,23,24)/t11-,12-,13-,14+,16-,17-/m0/s1. The molecular formula is C19H26N2O5. The first-order chi connectivity index (χ1) is 12.3. The number of nitrogens with one attached hydrogen (secondary N) is 1. The number of rotatable bonds is 6. The molecule has 4 N–H and O–H groups in total. The van der Waals surface area contributed by atoms with Gasteiger partial charge in [0.15, 0.2) is 0 Å². The van der Waals surface area contributed by atoms with Crippen LogP contribution in [0.4, 0.5) is 0 Å². The van der Waals surface area contributed by atoms with E-state index in [0.717, 1.165) is 31.3 Å². The molecule has 142 valence electrons. The molecule has 2 aliphatic carbocycles. The highest BCUT2D eigenvalue weighted by atomic mass is 16.6. The van der Waals surface area contributed by atoms with Gasteiger partial charge in [-0.3, -0.25) is 14.4 Å². The quantitative estimate of drug-likeness (QED) is 0.479. The van der Waals surface area contributed by atoms with Gasteiger partial charge in [-0.25, -0.2) is 0 Å². The van der Waals surface area contributed by atoms with Crippen molar-refractivity contribution in [3.05, 3.63) is 24.3 Å². The van der Waals surface area contributed by atoms with Crippen LogP contribution >= 0.6 is 0 Å². The number of esters is 1. The Balaban J connectivity index is 1.74. The fourth-order valence-electron chi connectivity index (χ4n) is 4.80. The molecule has 0 spiro atoms. The van der Waals surface area contributed by atoms with E-state index in [9.17, 15) is 19.5 Å². The molecule has 7 nitrogen and oxygen atoms in total. The molecule has 7 heteroatoms. The third-order valence-electron chi connectivity index (χ3n) is 6.14. The van der Waals surface area contributed by atoms with Gasteiger partial charge in [0.1, 0.15) is 12.1 Å². The van der Waals surface area contributed by atoms with Crippen LogP contribution in [0.2, 0.25) is 0 Å². The third kappa shape index (κ3) is 3.40. The topological polar surface area (TPSA) is 119 Å². The number of fused-ring (bicyclic) bond motifs is 3. The number of ether oxygens (including phenoxy) is 1. The summed E-state index contributed by atoms with van der Waals surface area (Å²) >= 11 is 0. The van der Waals surface area contributed by atoms with Crippen LogP contribution < -0.4 is 11.1 Å². The zero-order valence-electron chi connectivity index (χ0n) is 14.8. The van der Waals surface area contributed by atoms with E-state index in [0.29, 0.717) is 5.92 Å². The molecular weight excluding hydrogens is 336 g/mol. The van der Waals surface area contributed by atoms with E-state index in [-0.39, 0.29) is 36.9 Å². The van der Waals surface area contributed by atoms with Gasteiger partial charge in [-0.15, -0.1) is 0 Å². The summed E-state index contributed by atoms with van der Waals surface area (Å²) in [6.07, 6.45) is 3.03. The van der Waals surface area contributed by atoms with Crippen molar-refractivity contribution in [2.45, 2.75) is 44.2 Å². The first-order valence-corrected chi connectivity index (χ1v) is 9.10. The summed E-state index contributed by atoms with van der Waals surface area (Å²) < 4.78 is 5.74. The van der Waals surface area contributed by atoms with Gasteiger partial charge in [0, 0.05) is 18.4 Å². The lowest BCUT2D eigenvalue weighted by molar-refractivity contribution is -0.146. The van der Waals surface area contributed by atoms with Gasteiger partial charge in [0.25, 0.3) is 0 Å². The summed E-state index contributed by atoms with van der Waals surface area (Å²) in [5.74, 6) is -2.17. The van der Waals surface area contributed by atoms with Gasteiger partial charge < -0.3 is 20.9 Å². The molecule has 0 bridgehead atoms. The van der Waals surface area contributed by atoms with Crippen LogP contribution in [-0.2, 0) is 19.1 Å². The molecule has 1 aliphatic heterocycles. The van der Waals surface area contributed by atoms with E-state index in [1.54, 1.807) is 0 Å². The minimum absolute atomic E-state index is 0.000349. The molecule has 3 rings (SSSR count). The second-order valence-electron chi connectivity index (χ2n) is 7.67.